The zero-order valence-corrected chi connectivity index (χ0v) is 24.0. The third-order valence-corrected chi connectivity index (χ3v) is 22.7. The molecule has 0 amide bonds. The van der Waals surface area contributed by atoms with Crippen LogP contribution in [0.25, 0.3) is 21.8 Å². The Morgan fingerprint density at radius 1 is 0.781 bits per heavy atom. The van der Waals surface area contributed by atoms with Gasteiger partial charge >= 0.3 is 200 Å². The van der Waals surface area contributed by atoms with Crippen molar-refractivity contribution in [1.29, 1.82) is 0 Å². The second-order valence-electron chi connectivity index (χ2n) is 9.56. The number of hydrogen-bond acceptors (Lipinski definition) is 3. The van der Waals surface area contributed by atoms with Gasteiger partial charge in [0.25, 0.3) is 0 Å². The molecule has 174 valence electrons. The number of nitrogens with zero attached hydrogens (tertiary/aromatic N) is 2. The molecule has 3 aromatic rings. The van der Waals surface area contributed by atoms with Crippen LogP contribution in [0.15, 0.2) is 36.4 Å². The molecule has 0 saturated heterocycles. The third-order valence-electron chi connectivity index (χ3n) is 7.07. The first-order valence-electron chi connectivity index (χ1n) is 12.6. The molecule has 0 saturated carbocycles. The molecular weight excluding hydrogens is 499 g/mol. The molecule has 2 aromatic carbocycles. The fourth-order valence-corrected chi connectivity index (χ4v) is 21.0. The van der Waals surface area contributed by atoms with Gasteiger partial charge in [-0.3, -0.25) is 0 Å². The Morgan fingerprint density at radius 2 is 1.41 bits per heavy atom. The summed E-state index contributed by atoms with van der Waals surface area (Å²) < 4.78 is 12.1. The molecule has 4 heteroatoms. The molecule has 32 heavy (non-hydrogen) atoms. The van der Waals surface area contributed by atoms with E-state index in [-0.39, 0.29) is 0 Å². The van der Waals surface area contributed by atoms with Crippen LogP contribution >= 0.6 is 0 Å². The molecule has 3 nitrogen and oxygen atoms in total. The molecule has 0 aliphatic carbocycles. The molecule has 0 spiro atoms. The number of fused-ring (bicyclic) bond motifs is 2. The van der Waals surface area contributed by atoms with Crippen LogP contribution in [0.5, 0.6) is 5.75 Å². The third kappa shape index (κ3) is 5.35. The predicted octanol–water partition coefficient (Wildman–Crippen LogP) is 7.52. The van der Waals surface area contributed by atoms with Crippen LogP contribution in [0.1, 0.15) is 59.3 Å². The molecule has 0 unspecified atom stereocenters. The van der Waals surface area contributed by atoms with E-state index in [0.717, 1.165) is 27.6 Å². The fraction of sp³-hybridized carbons (Fsp3) is 0.536. The van der Waals surface area contributed by atoms with Crippen molar-refractivity contribution >= 4 is 49.4 Å². The van der Waals surface area contributed by atoms with E-state index in [2.05, 4.69) is 76.2 Å². The molecule has 1 aromatic heterocycles. The zero-order chi connectivity index (χ0) is 23.1. The van der Waals surface area contributed by atoms with Crippen LogP contribution in [0.2, 0.25) is 13.3 Å². The summed E-state index contributed by atoms with van der Waals surface area (Å²) in [4.78, 5) is 7.27. The Morgan fingerprint density at radius 3 is 1.94 bits per heavy atom. The summed E-state index contributed by atoms with van der Waals surface area (Å²) in [6, 6.07) is 13.7. The minimum atomic E-state index is -2.49. The van der Waals surface area contributed by atoms with E-state index in [1.165, 1.54) is 57.5 Å². The van der Waals surface area contributed by atoms with Crippen LogP contribution in [0.3, 0.4) is 0 Å². The Labute approximate surface area is 199 Å². The summed E-state index contributed by atoms with van der Waals surface area (Å²) in [5, 5.41) is 2.23. The fourth-order valence-electron chi connectivity index (χ4n) is 5.08. The molecule has 3 rings (SSSR count). The summed E-state index contributed by atoms with van der Waals surface area (Å²) in [6.07, 6.45) is 8.04. The zero-order valence-electron chi connectivity index (χ0n) is 21.1. The van der Waals surface area contributed by atoms with Crippen LogP contribution in [0, 0.1) is 0 Å². The molecule has 0 aliphatic heterocycles. The van der Waals surface area contributed by atoms with Gasteiger partial charge in [0.1, 0.15) is 0 Å². The quantitative estimate of drug-likeness (QED) is 0.175. The van der Waals surface area contributed by atoms with Crippen molar-refractivity contribution in [2.75, 3.05) is 26.1 Å². The standard InChI is InChI=1S/C16H15N2O.3C4H9.Sn/c1-18(2)11-8-9-15-13(10-11)16(19-3)12-6-4-5-7-14(12)17-15;3*1-3-4-2;/h4,6-10H,1-3H3;3*1,3-4H2,2H3;. The van der Waals surface area contributed by atoms with Crippen molar-refractivity contribution in [1.82, 2.24) is 4.98 Å². The predicted molar refractivity (Wildman–Crippen MR) is 145 cm³/mol. The van der Waals surface area contributed by atoms with Gasteiger partial charge in [0.05, 0.1) is 0 Å². The Balaban J connectivity index is 2.18. The first kappa shape index (κ1) is 25.1. The second kappa shape index (κ2) is 11.6. The number of aromatic nitrogens is 1. The maximum absolute atomic E-state index is 5.95. The molecule has 0 fully saturated rings. The number of methoxy groups -OCH3 is 1. The van der Waals surface area contributed by atoms with Gasteiger partial charge in [-0.2, -0.15) is 0 Å². The minimum absolute atomic E-state index is 0.955. The number of rotatable bonds is 12. The Kier molecular flexibility index (Phi) is 9.10. The average Bonchev–Trinajstić information content (AvgIpc) is 2.81. The summed E-state index contributed by atoms with van der Waals surface area (Å²) in [5.74, 6) is 0.955. The summed E-state index contributed by atoms with van der Waals surface area (Å²) >= 11 is -2.49. The van der Waals surface area contributed by atoms with Crippen LogP contribution in [-0.4, -0.2) is 44.6 Å². The summed E-state index contributed by atoms with van der Waals surface area (Å²) in [7, 11) is 5.94. The average molecular weight is 541 g/mol. The van der Waals surface area contributed by atoms with Crippen LogP contribution in [0.4, 0.5) is 5.69 Å². The van der Waals surface area contributed by atoms with Gasteiger partial charge in [-0.25, -0.2) is 0 Å². The van der Waals surface area contributed by atoms with Gasteiger partial charge in [-0.05, 0) is 0 Å². The number of unbranched alkanes of at least 4 members (excludes halogenated alkanes) is 3. The molecule has 0 atom stereocenters. The number of hydrogen-bond donors (Lipinski definition) is 0. The van der Waals surface area contributed by atoms with Gasteiger partial charge in [0.15, 0.2) is 0 Å². The topological polar surface area (TPSA) is 25.4 Å². The molecule has 0 aliphatic rings. The molecule has 0 bridgehead atoms. The van der Waals surface area contributed by atoms with E-state index < -0.39 is 18.4 Å². The second-order valence-corrected chi connectivity index (χ2v) is 22.8. The van der Waals surface area contributed by atoms with Crippen molar-refractivity contribution in [3.8, 4) is 5.75 Å². The van der Waals surface area contributed by atoms with E-state index in [4.69, 9.17) is 9.72 Å². The first-order valence-corrected chi connectivity index (χ1v) is 20.1. The van der Waals surface area contributed by atoms with Crippen molar-refractivity contribution < 1.29 is 4.74 Å². The van der Waals surface area contributed by atoms with Crippen molar-refractivity contribution in [3.05, 3.63) is 36.4 Å². The van der Waals surface area contributed by atoms with Crippen molar-refractivity contribution in [2.45, 2.75) is 72.6 Å². The molecule has 0 radical (unpaired) electrons. The Hall–Kier alpha value is -1.49. The van der Waals surface area contributed by atoms with E-state index >= 15 is 0 Å². The van der Waals surface area contributed by atoms with Gasteiger partial charge in [-0.1, -0.05) is 0 Å². The van der Waals surface area contributed by atoms with Gasteiger partial charge in [-0.15, -0.1) is 0 Å². The summed E-state index contributed by atoms with van der Waals surface area (Å²) in [6.45, 7) is 7.03. The van der Waals surface area contributed by atoms with Gasteiger partial charge in [0, 0.05) is 0 Å². The Bertz CT molecular complexity index is 1010. The molecule has 0 N–H and O–H groups in total. The van der Waals surface area contributed by atoms with E-state index in [9.17, 15) is 0 Å². The summed E-state index contributed by atoms with van der Waals surface area (Å²) in [5.41, 5.74) is 3.30. The molecular formula is C28H42N2OSn. The van der Waals surface area contributed by atoms with Crippen LogP contribution < -0.4 is 13.2 Å². The SMILES string of the molecule is CCC[CH2][Sn]([CH2]CCC)([CH2]CCC)[c]1ccc2c(OC)c3cc(N(C)C)ccc3nc2c1. The van der Waals surface area contributed by atoms with E-state index in [1.54, 1.807) is 10.7 Å². The first-order chi connectivity index (χ1) is 15.5. The van der Waals surface area contributed by atoms with Crippen molar-refractivity contribution in [3.63, 3.8) is 0 Å². The normalized spacial score (nSPS) is 11.9. The molecule has 1 heterocycles. The van der Waals surface area contributed by atoms with Gasteiger partial charge in [0.2, 0.25) is 0 Å². The number of benzene rings is 2. The number of pyridine rings is 1. The van der Waals surface area contributed by atoms with Gasteiger partial charge < -0.3 is 0 Å². The number of anilines is 1. The maximum atomic E-state index is 5.95. The number of ether oxygens (including phenoxy) is 1. The van der Waals surface area contributed by atoms with E-state index in [1.807, 2.05) is 0 Å². The monoisotopic (exact) mass is 542 g/mol. The van der Waals surface area contributed by atoms with Crippen molar-refractivity contribution in [2.24, 2.45) is 0 Å². The van der Waals surface area contributed by atoms with Crippen LogP contribution in [-0.2, 0) is 0 Å². The van der Waals surface area contributed by atoms with E-state index in [0.29, 0.717) is 0 Å².